The maximum atomic E-state index is 5.08. The number of hydrogen-bond acceptors (Lipinski definition) is 3. The van der Waals surface area contributed by atoms with E-state index in [9.17, 15) is 0 Å². The predicted octanol–water partition coefficient (Wildman–Crippen LogP) is 9.78. The van der Waals surface area contributed by atoms with Crippen molar-refractivity contribution < 1.29 is 0 Å². The van der Waals surface area contributed by atoms with Gasteiger partial charge in [-0.1, -0.05) is 79.7 Å². The van der Waals surface area contributed by atoms with Crippen molar-refractivity contribution in [3.63, 3.8) is 0 Å². The lowest BCUT2D eigenvalue weighted by Crippen LogP contribution is -2.04. The summed E-state index contributed by atoms with van der Waals surface area (Å²) in [5.74, 6) is 2.61. The highest BCUT2D eigenvalue weighted by Gasteiger charge is 2.20. The normalized spacial score (nSPS) is 11.8. The summed E-state index contributed by atoms with van der Waals surface area (Å²) in [6.45, 7) is 4.31. The third kappa shape index (κ3) is 4.29. The van der Waals surface area contributed by atoms with Gasteiger partial charge in [0.1, 0.15) is 11.6 Å². The molecule has 0 atom stereocenters. The van der Waals surface area contributed by atoms with Crippen molar-refractivity contribution in [1.82, 2.24) is 28.9 Å². The number of benzene rings is 5. The van der Waals surface area contributed by atoms with E-state index in [0.29, 0.717) is 0 Å². The molecule has 9 aromatic rings. The van der Waals surface area contributed by atoms with Gasteiger partial charge in [-0.3, -0.25) is 4.57 Å². The summed E-state index contributed by atoms with van der Waals surface area (Å²) < 4.78 is 6.67. The molecule has 4 aromatic heterocycles. The van der Waals surface area contributed by atoms with Crippen molar-refractivity contribution in [3.8, 4) is 28.6 Å². The van der Waals surface area contributed by atoms with Gasteiger partial charge in [0.15, 0.2) is 5.82 Å². The van der Waals surface area contributed by atoms with Crippen LogP contribution in [0.2, 0.25) is 0 Å². The zero-order valence-electron chi connectivity index (χ0n) is 26.3. The van der Waals surface area contributed by atoms with Crippen molar-refractivity contribution in [2.45, 2.75) is 26.7 Å². The second-order valence-corrected chi connectivity index (χ2v) is 12.1. The van der Waals surface area contributed by atoms with E-state index < -0.39 is 0 Å². The second-order valence-electron chi connectivity index (χ2n) is 12.1. The molecule has 0 aliphatic heterocycles. The van der Waals surface area contributed by atoms with Crippen molar-refractivity contribution in [1.29, 1.82) is 0 Å². The first-order chi connectivity index (χ1) is 23.2. The third-order valence-corrected chi connectivity index (χ3v) is 9.20. The quantitative estimate of drug-likeness (QED) is 0.189. The molecule has 0 bridgehead atoms. The molecule has 0 spiro atoms. The number of pyridine rings is 1. The average Bonchev–Trinajstić information content (AvgIpc) is 3.78. The van der Waals surface area contributed by atoms with Crippen LogP contribution < -0.4 is 0 Å². The van der Waals surface area contributed by atoms with Crippen LogP contribution in [0.1, 0.15) is 24.7 Å². The highest BCUT2D eigenvalue weighted by atomic mass is 15.4. The summed E-state index contributed by atoms with van der Waals surface area (Å²) in [6, 6.07) is 45.1. The summed E-state index contributed by atoms with van der Waals surface area (Å²) in [5, 5.41) is 9.94. The van der Waals surface area contributed by atoms with Crippen LogP contribution in [0.4, 0.5) is 0 Å². The van der Waals surface area contributed by atoms with Crippen LogP contribution in [0, 0.1) is 6.92 Å². The molecule has 0 unspecified atom stereocenters. The molecule has 0 aliphatic carbocycles. The Kier molecular flexibility index (Phi) is 6.28. The van der Waals surface area contributed by atoms with Crippen LogP contribution in [0.3, 0.4) is 0 Å². The topological polar surface area (TPSA) is 53.5 Å². The molecule has 6 heteroatoms. The molecule has 5 aromatic carbocycles. The molecule has 0 N–H and O–H groups in total. The minimum atomic E-state index is 0.733. The summed E-state index contributed by atoms with van der Waals surface area (Å²) in [6.07, 6.45) is 3.71. The van der Waals surface area contributed by atoms with Crippen molar-refractivity contribution >= 4 is 43.6 Å². The van der Waals surface area contributed by atoms with Gasteiger partial charge in [-0.15, -0.1) is 5.10 Å². The Labute approximate surface area is 272 Å². The average molecular weight is 609 g/mol. The van der Waals surface area contributed by atoms with E-state index in [1.54, 1.807) is 0 Å². The minimum absolute atomic E-state index is 0.733. The summed E-state index contributed by atoms with van der Waals surface area (Å²) >= 11 is 0. The lowest BCUT2D eigenvalue weighted by atomic mass is 10.1. The molecule has 0 fully saturated rings. The Morgan fingerprint density at radius 1 is 0.596 bits per heavy atom. The Morgan fingerprint density at radius 2 is 1.30 bits per heavy atom. The standard InChI is InChI=1S/C41H32N6/c1-3-13-40-43-41(44-47(40)34-19-7-4-14-27(34)2)28-15-12-16-29(24-28)45-35-20-8-5-17-30(35)32-25-33-31-18-6-9-21-36(31)46(38(33)26-37(32)45)39-22-10-11-23-42-39/h4-12,14-26H,3,13H2,1-2H3. The minimum Gasteiger partial charge on any atom is -0.309 e. The molecule has 226 valence electrons. The number of aromatic nitrogens is 6. The van der Waals surface area contributed by atoms with Crippen LogP contribution in [0.5, 0.6) is 0 Å². The molecule has 0 aliphatic rings. The zero-order chi connectivity index (χ0) is 31.5. The fraction of sp³-hybridized carbons (Fsp3) is 0.0976. The molecule has 0 amide bonds. The first-order valence-corrected chi connectivity index (χ1v) is 16.2. The van der Waals surface area contributed by atoms with E-state index in [0.717, 1.165) is 69.3 Å². The Hall–Kier alpha value is -6.01. The second kappa shape index (κ2) is 10.8. The third-order valence-electron chi connectivity index (χ3n) is 9.20. The Balaban J connectivity index is 1.29. The van der Waals surface area contributed by atoms with E-state index in [2.05, 4.69) is 138 Å². The molecule has 0 saturated carbocycles. The highest BCUT2D eigenvalue weighted by molar-refractivity contribution is 6.19. The van der Waals surface area contributed by atoms with Crippen LogP contribution >= 0.6 is 0 Å². The lowest BCUT2D eigenvalue weighted by Gasteiger charge is -2.10. The van der Waals surface area contributed by atoms with E-state index >= 15 is 0 Å². The molecule has 4 heterocycles. The smallest absolute Gasteiger partial charge is 0.181 e. The van der Waals surface area contributed by atoms with E-state index in [-0.39, 0.29) is 0 Å². The van der Waals surface area contributed by atoms with Crippen molar-refractivity contribution in [3.05, 3.63) is 145 Å². The van der Waals surface area contributed by atoms with Crippen LogP contribution in [-0.2, 0) is 6.42 Å². The van der Waals surface area contributed by atoms with Gasteiger partial charge in [0.05, 0.1) is 27.8 Å². The molecule has 47 heavy (non-hydrogen) atoms. The SMILES string of the molecule is CCCc1nc(-c2cccc(-n3c4ccccc4c4cc5c6ccccc6n(-c6ccccn6)c5cc43)c2)nn1-c1ccccc1C. The molecular weight excluding hydrogens is 576 g/mol. The lowest BCUT2D eigenvalue weighted by molar-refractivity contribution is 0.756. The first-order valence-electron chi connectivity index (χ1n) is 16.2. The van der Waals surface area contributed by atoms with Gasteiger partial charge in [-0.2, -0.15) is 0 Å². The first kappa shape index (κ1) is 27.3. The Morgan fingerprint density at radius 3 is 2.04 bits per heavy atom. The van der Waals surface area contributed by atoms with Gasteiger partial charge in [-0.25, -0.2) is 14.6 Å². The monoisotopic (exact) mass is 608 g/mol. The molecule has 6 nitrogen and oxygen atoms in total. The van der Waals surface area contributed by atoms with Crippen LogP contribution in [-0.4, -0.2) is 28.9 Å². The van der Waals surface area contributed by atoms with E-state index in [1.165, 1.54) is 27.1 Å². The maximum absolute atomic E-state index is 5.08. The summed E-state index contributed by atoms with van der Waals surface area (Å²) in [5.41, 5.74) is 8.87. The number of fused-ring (bicyclic) bond motifs is 6. The maximum Gasteiger partial charge on any atom is 0.181 e. The van der Waals surface area contributed by atoms with Crippen LogP contribution in [0.25, 0.3) is 72.2 Å². The highest BCUT2D eigenvalue weighted by Crippen LogP contribution is 2.39. The number of nitrogens with zero attached hydrogens (tertiary/aromatic N) is 6. The number of rotatable bonds is 6. The van der Waals surface area contributed by atoms with E-state index in [1.807, 2.05) is 23.0 Å². The largest absolute Gasteiger partial charge is 0.309 e. The molecule has 9 rings (SSSR count). The zero-order valence-corrected chi connectivity index (χ0v) is 26.3. The predicted molar refractivity (Wildman–Crippen MR) is 192 cm³/mol. The number of para-hydroxylation sites is 3. The van der Waals surface area contributed by atoms with Crippen LogP contribution in [0.15, 0.2) is 134 Å². The van der Waals surface area contributed by atoms with Gasteiger partial charge in [0.2, 0.25) is 0 Å². The van der Waals surface area contributed by atoms with Gasteiger partial charge in [0, 0.05) is 45.4 Å². The summed E-state index contributed by atoms with van der Waals surface area (Å²) in [4.78, 5) is 9.84. The number of hydrogen-bond donors (Lipinski definition) is 0. The van der Waals surface area contributed by atoms with Crippen molar-refractivity contribution in [2.24, 2.45) is 0 Å². The van der Waals surface area contributed by atoms with Gasteiger partial charge in [0.25, 0.3) is 0 Å². The number of aryl methyl sites for hydroxylation is 2. The molecular formula is C41H32N6. The van der Waals surface area contributed by atoms with Gasteiger partial charge in [-0.05, 0) is 73.5 Å². The van der Waals surface area contributed by atoms with Gasteiger partial charge < -0.3 is 4.57 Å². The summed E-state index contributed by atoms with van der Waals surface area (Å²) in [7, 11) is 0. The van der Waals surface area contributed by atoms with E-state index in [4.69, 9.17) is 15.1 Å². The fourth-order valence-corrected chi connectivity index (χ4v) is 7.07. The molecule has 0 radical (unpaired) electrons. The Bertz CT molecular complexity index is 2600. The van der Waals surface area contributed by atoms with Crippen molar-refractivity contribution in [2.75, 3.05) is 0 Å². The molecule has 0 saturated heterocycles. The van der Waals surface area contributed by atoms with Gasteiger partial charge >= 0.3 is 0 Å². The fourth-order valence-electron chi connectivity index (χ4n) is 7.07.